The second kappa shape index (κ2) is 8.93. The van der Waals surface area contributed by atoms with Crippen LogP contribution in [0.1, 0.15) is 27.9 Å². The number of halogens is 4. The second-order valence-corrected chi connectivity index (χ2v) is 8.97. The number of hydrogen-bond acceptors (Lipinski definition) is 4. The molecular formula is C20H20F4N2O4S. The van der Waals surface area contributed by atoms with E-state index in [4.69, 9.17) is 4.74 Å². The maximum atomic E-state index is 13.4. The van der Waals surface area contributed by atoms with Gasteiger partial charge in [-0.3, -0.25) is 4.79 Å². The van der Waals surface area contributed by atoms with Crippen LogP contribution in [-0.2, 0) is 20.9 Å². The van der Waals surface area contributed by atoms with Gasteiger partial charge in [0.15, 0.2) is 0 Å². The minimum atomic E-state index is -4.89. The van der Waals surface area contributed by atoms with E-state index in [9.17, 15) is 30.8 Å². The molecule has 0 aliphatic carbocycles. The van der Waals surface area contributed by atoms with Crippen molar-refractivity contribution >= 4 is 21.6 Å². The first-order chi connectivity index (χ1) is 14.5. The Hall–Kier alpha value is -2.50. The molecule has 0 radical (unpaired) electrons. The molecule has 6 nitrogen and oxygen atoms in total. The molecular weight excluding hydrogens is 440 g/mol. The lowest BCUT2D eigenvalue weighted by molar-refractivity contribution is -0.137. The summed E-state index contributed by atoms with van der Waals surface area (Å²) in [6.07, 6.45) is -4.22. The fourth-order valence-electron chi connectivity index (χ4n) is 3.10. The van der Waals surface area contributed by atoms with Crippen LogP contribution in [0.25, 0.3) is 0 Å². The van der Waals surface area contributed by atoms with Crippen molar-refractivity contribution in [1.29, 1.82) is 0 Å². The molecule has 1 amide bonds. The normalized spacial score (nSPS) is 17.0. The van der Waals surface area contributed by atoms with Crippen molar-refractivity contribution in [3.05, 3.63) is 58.9 Å². The van der Waals surface area contributed by atoms with E-state index in [2.05, 4.69) is 10.0 Å². The van der Waals surface area contributed by atoms with Crippen molar-refractivity contribution in [2.75, 3.05) is 25.1 Å². The third kappa shape index (κ3) is 5.60. The van der Waals surface area contributed by atoms with E-state index in [0.29, 0.717) is 31.8 Å². The molecule has 0 saturated carbocycles. The van der Waals surface area contributed by atoms with E-state index in [-0.39, 0.29) is 23.7 Å². The van der Waals surface area contributed by atoms with Gasteiger partial charge in [0.05, 0.1) is 22.6 Å². The summed E-state index contributed by atoms with van der Waals surface area (Å²) in [5, 5.41) is 2.26. The summed E-state index contributed by atoms with van der Waals surface area (Å²) in [6, 6.07) is 5.55. The molecule has 0 bridgehead atoms. The third-order valence-electron chi connectivity index (χ3n) is 4.85. The molecule has 2 N–H and O–H groups in total. The molecule has 0 unspecified atom stereocenters. The van der Waals surface area contributed by atoms with E-state index < -0.39 is 43.9 Å². The number of benzene rings is 2. The molecule has 1 saturated heterocycles. The van der Waals surface area contributed by atoms with Gasteiger partial charge in [-0.2, -0.15) is 13.2 Å². The first-order valence-corrected chi connectivity index (χ1v) is 10.8. The first kappa shape index (κ1) is 23.2. The number of rotatable bonds is 6. The lowest BCUT2D eigenvalue weighted by Gasteiger charge is -2.16. The molecule has 1 fully saturated rings. The van der Waals surface area contributed by atoms with Gasteiger partial charge in [0.2, 0.25) is 10.0 Å². The van der Waals surface area contributed by atoms with Crippen LogP contribution >= 0.6 is 0 Å². The lowest BCUT2D eigenvalue weighted by atomic mass is 10.1. The third-order valence-corrected chi connectivity index (χ3v) is 6.27. The average Bonchev–Trinajstić information content (AvgIpc) is 3.22. The topological polar surface area (TPSA) is 84.5 Å². The Morgan fingerprint density at radius 3 is 2.55 bits per heavy atom. The van der Waals surface area contributed by atoms with Crippen LogP contribution in [0.2, 0.25) is 0 Å². The summed E-state index contributed by atoms with van der Waals surface area (Å²) in [7, 11) is -4.15. The Morgan fingerprint density at radius 2 is 1.94 bits per heavy atom. The number of carbonyl (C=O) groups is 1. The molecule has 0 aromatic heterocycles. The van der Waals surface area contributed by atoms with E-state index in [1.165, 1.54) is 19.1 Å². The van der Waals surface area contributed by atoms with E-state index >= 15 is 0 Å². The maximum absolute atomic E-state index is 13.4. The van der Waals surface area contributed by atoms with E-state index in [0.717, 1.165) is 12.1 Å². The fourth-order valence-corrected chi connectivity index (χ4v) is 4.24. The van der Waals surface area contributed by atoms with Gasteiger partial charge in [-0.15, -0.1) is 0 Å². The largest absolute Gasteiger partial charge is 0.417 e. The Balaban J connectivity index is 1.90. The van der Waals surface area contributed by atoms with Crippen LogP contribution in [0.5, 0.6) is 0 Å². The number of nitrogens with one attached hydrogen (secondary N) is 2. The van der Waals surface area contributed by atoms with Crippen molar-refractivity contribution in [3.8, 4) is 0 Å². The van der Waals surface area contributed by atoms with Gasteiger partial charge in [-0.25, -0.2) is 17.5 Å². The molecule has 0 spiro atoms. The highest BCUT2D eigenvalue weighted by atomic mass is 32.2. The van der Waals surface area contributed by atoms with Gasteiger partial charge < -0.3 is 10.1 Å². The standard InChI is InChI=1S/C20H20F4N2O4S/c1-12-8-14(2-5-18(12)21)26-19(27)16-9-15(3-4-17(16)20(22,23)24)31(28,29)25-10-13-6-7-30-11-13/h2-5,8-9,13,25H,6-7,10-11H2,1H3,(H,26,27)/t13-/m1/s1. The van der Waals surface area contributed by atoms with E-state index in [1.54, 1.807) is 0 Å². The highest BCUT2D eigenvalue weighted by Gasteiger charge is 2.36. The smallest absolute Gasteiger partial charge is 0.381 e. The molecule has 1 aliphatic heterocycles. The minimum absolute atomic E-state index is 0.0336. The number of hydrogen-bond donors (Lipinski definition) is 2. The second-order valence-electron chi connectivity index (χ2n) is 7.20. The maximum Gasteiger partial charge on any atom is 0.417 e. The summed E-state index contributed by atoms with van der Waals surface area (Å²) < 4.78 is 86.3. The van der Waals surface area contributed by atoms with Gasteiger partial charge in [-0.1, -0.05) is 0 Å². The minimum Gasteiger partial charge on any atom is -0.381 e. The number of ether oxygens (including phenoxy) is 1. The van der Waals surface area contributed by atoms with Gasteiger partial charge in [0.1, 0.15) is 5.82 Å². The molecule has 3 rings (SSSR count). The predicted molar refractivity (Wildman–Crippen MR) is 105 cm³/mol. The monoisotopic (exact) mass is 460 g/mol. The van der Waals surface area contributed by atoms with Crippen molar-refractivity contribution in [1.82, 2.24) is 4.72 Å². The van der Waals surface area contributed by atoms with Crippen LogP contribution in [0.4, 0.5) is 23.2 Å². The lowest BCUT2D eigenvalue weighted by Crippen LogP contribution is -2.30. The van der Waals surface area contributed by atoms with Crippen LogP contribution in [-0.4, -0.2) is 34.1 Å². The number of aryl methyl sites for hydroxylation is 1. The zero-order chi connectivity index (χ0) is 22.8. The molecule has 31 heavy (non-hydrogen) atoms. The Labute approximate surface area is 176 Å². The summed E-state index contributed by atoms with van der Waals surface area (Å²) in [5.74, 6) is -1.74. The van der Waals surface area contributed by atoms with Crippen molar-refractivity contribution in [2.45, 2.75) is 24.4 Å². The molecule has 1 aliphatic rings. The summed E-state index contributed by atoms with van der Waals surface area (Å²) >= 11 is 0. The van der Waals surface area contributed by atoms with Crippen molar-refractivity contribution in [3.63, 3.8) is 0 Å². The van der Waals surface area contributed by atoms with Crippen LogP contribution in [0.3, 0.4) is 0 Å². The molecule has 1 heterocycles. The van der Waals surface area contributed by atoms with Crippen LogP contribution in [0.15, 0.2) is 41.3 Å². The quantitative estimate of drug-likeness (QED) is 0.644. The summed E-state index contributed by atoms with van der Waals surface area (Å²) in [5.41, 5.74) is -1.89. The fraction of sp³-hybridized carbons (Fsp3) is 0.350. The molecule has 11 heteroatoms. The summed E-state index contributed by atoms with van der Waals surface area (Å²) in [6.45, 7) is 2.40. The SMILES string of the molecule is Cc1cc(NC(=O)c2cc(S(=O)(=O)NC[C@H]3CCOC3)ccc2C(F)(F)F)ccc1F. The van der Waals surface area contributed by atoms with Crippen LogP contribution < -0.4 is 10.0 Å². The van der Waals surface area contributed by atoms with E-state index in [1.807, 2.05) is 0 Å². The zero-order valence-electron chi connectivity index (χ0n) is 16.4. The first-order valence-electron chi connectivity index (χ1n) is 9.33. The number of alkyl halides is 3. The molecule has 2 aromatic carbocycles. The predicted octanol–water partition coefficient (Wildman–Crippen LogP) is 3.72. The number of carbonyl (C=O) groups excluding carboxylic acids is 1. The van der Waals surface area contributed by atoms with Crippen molar-refractivity contribution in [2.24, 2.45) is 5.92 Å². The average molecular weight is 460 g/mol. The van der Waals surface area contributed by atoms with Gasteiger partial charge >= 0.3 is 6.18 Å². The van der Waals surface area contributed by atoms with Gasteiger partial charge in [-0.05, 0) is 61.2 Å². The highest BCUT2D eigenvalue weighted by molar-refractivity contribution is 7.89. The summed E-state index contributed by atoms with van der Waals surface area (Å²) in [4.78, 5) is 12.1. The number of sulfonamides is 1. The van der Waals surface area contributed by atoms with Crippen LogP contribution in [0, 0.1) is 18.7 Å². The highest BCUT2D eigenvalue weighted by Crippen LogP contribution is 2.33. The van der Waals surface area contributed by atoms with Gasteiger partial charge in [0.25, 0.3) is 5.91 Å². The molecule has 168 valence electrons. The zero-order valence-corrected chi connectivity index (χ0v) is 17.2. The molecule has 1 atom stereocenters. The van der Waals surface area contributed by atoms with Crippen molar-refractivity contribution < 1.29 is 35.5 Å². The Bertz CT molecular complexity index is 1080. The number of anilines is 1. The Morgan fingerprint density at radius 1 is 1.19 bits per heavy atom. The molecule has 2 aromatic rings. The number of amides is 1. The Kier molecular flexibility index (Phi) is 6.68. The van der Waals surface area contributed by atoms with Gasteiger partial charge in [0, 0.05) is 18.8 Å².